The van der Waals surface area contributed by atoms with Crippen molar-refractivity contribution in [2.24, 2.45) is 4.99 Å². The lowest BCUT2D eigenvalue weighted by Gasteiger charge is -2.37. The molecule has 0 aromatic heterocycles. The van der Waals surface area contributed by atoms with E-state index in [1.54, 1.807) is 0 Å². The predicted molar refractivity (Wildman–Crippen MR) is 55.0 cm³/mol. The molecule has 1 aliphatic rings. The quantitative estimate of drug-likeness (QED) is 0.463. The summed E-state index contributed by atoms with van der Waals surface area (Å²) in [5, 5.41) is 0. The standard InChI is InChI=1S/C12H9F4NO/c13-9-5-7(11(15)16)4-8(10(9)14)12(17-6-18)2-1-3-12/h4-5,11H,1-3H2. The van der Waals surface area contributed by atoms with E-state index in [9.17, 15) is 22.4 Å². The molecule has 1 aromatic carbocycles. The number of rotatable bonds is 3. The lowest BCUT2D eigenvalue weighted by Crippen LogP contribution is -2.33. The summed E-state index contributed by atoms with van der Waals surface area (Å²) < 4.78 is 52.1. The zero-order valence-corrected chi connectivity index (χ0v) is 9.22. The number of carbonyl (C=O) groups excluding carboxylic acids is 1. The zero-order chi connectivity index (χ0) is 13.3. The monoisotopic (exact) mass is 259 g/mol. The molecule has 0 atom stereocenters. The highest BCUT2D eigenvalue weighted by atomic mass is 19.3. The van der Waals surface area contributed by atoms with Crippen LogP contribution in [0, 0.1) is 11.6 Å². The maximum Gasteiger partial charge on any atom is 0.263 e. The molecule has 0 radical (unpaired) electrons. The number of aliphatic imine (C=N–C) groups is 1. The third kappa shape index (κ3) is 1.93. The first-order valence-corrected chi connectivity index (χ1v) is 5.37. The summed E-state index contributed by atoms with van der Waals surface area (Å²) in [5.41, 5.74) is -2.12. The van der Waals surface area contributed by atoms with E-state index < -0.39 is 29.2 Å². The van der Waals surface area contributed by atoms with Crippen LogP contribution in [0.1, 0.15) is 36.8 Å². The molecule has 0 spiro atoms. The Balaban J connectivity index is 2.58. The first kappa shape index (κ1) is 12.8. The molecular formula is C12H9F4NO. The van der Waals surface area contributed by atoms with Gasteiger partial charge < -0.3 is 0 Å². The minimum absolute atomic E-state index is 0.285. The highest BCUT2D eigenvalue weighted by Crippen LogP contribution is 2.46. The van der Waals surface area contributed by atoms with E-state index in [4.69, 9.17) is 0 Å². The van der Waals surface area contributed by atoms with Crippen molar-refractivity contribution >= 4 is 6.08 Å². The molecule has 2 nitrogen and oxygen atoms in total. The smallest absolute Gasteiger partial charge is 0.211 e. The Bertz CT molecular complexity index is 519. The zero-order valence-electron chi connectivity index (χ0n) is 9.22. The fourth-order valence-electron chi connectivity index (χ4n) is 2.12. The number of nitrogens with zero attached hydrogens (tertiary/aromatic N) is 1. The molecule has 1 aliphatic carbocycles. The van der Waals surface area contributed by atoms with E-state index in [1.807, 2.05) is 0 Å². The van der Waals surface area contributed by atoms with Gasteiger partial charge >= 0.3 is 0 Å². The van der Waals surface area contributed by atoms with E-state index in [0.29, 0.717) is 25.3 Å². The van der Waals surface area contributed by atoms with E-state index in [-0.39, 0.29) is 5.56 Å². The Morgan fingerprint density at radius 3 is 2.39 bits per heavy atom. The first-order valence-electron chi connectivity index (χ1n) is 5.37. The van der Waals surface area contributed by atoms with Crippen molar-refractivity contribution in [1.82, 2.24) is 0 Å². The van der Waals surface area contributed by atoms with Crippen molar-refractivity contribution in [2.45, 2.75) is 31.2 Å². The number of alkyl halides is 2. The molecule has 1 aromatic rings. The molecule has 2 rings (SSSR count). The maximum absolute atomic E-state index is 13.7. The summed E-state index contributed by atoms with van der Waals surface area (Å²) in [5.74, 6) is -2.58. The lowest BCUT2D eigenvalue weighted by atomic mass is 9.72. The van der Waals surface area contributed by atoms with Gasteiger partial charge in [0.15, 0.2) is 11.6 Å². The fourth-order valence-corrected chi connectivity index (χ4v) is 2.12. The van der Waals surface area contributed by atoms with Crippen LogP contribution in [-0.2, 0) is 10.3 Å². The second-order valence-corrected chi connectivity index (χ2v) is 4.25. The summed E-state index contributed by atoms with van der Waals surface area (Å²) in [7, 11) is 0. The predicted octanol–water partition coefficient (Wildman–Crippen LogP) is 3.62. The van der Waals surface area contributed by atoms with Gasteiger partial charge in [0, 0.05) is 11.1 Å². The number of halogens is 4. The summed E-state index contributed by atoms with van der Waals surface area (Å²) in [6, 6.07) is 1.34. The Kier molecular flexibility index (Phi) is 3.22. The second kappa shape index (κ2) is 4.53. The average Bonchev–Trinajstić information content (AvgIpc) is 2.27. The minimum Gasteiger partial charge on any atom is -0.211 e. The highest BCUT2D eigenvalue weighted by Gasteiger charge is 2.42. The van der Waals surface area contributed by atoms with E-state index in [0.717, 1.165) is 6.07 Å². The molecule has 0 heterocycles. The molecule has 0 saturated heterocycles. The summed E-state index contributed by atoms with van der Waals surface area (Å²) in [4.78, 5) is 13.8. The van der Waals surface area contributed by atoms with Crippen LogP contribution in [0.15, 0.2) is 17.1 Å². The SMILES string of the molecule is O=C=NC1(c2cc(C(F)F)cc(F)c2F)CCC1. The van der Waals surface area contributed by atoms with Crippen molar-refractivity contribution in [3.63, 3.8) is 0 Å². The molecule has 0 N–H and O–H groups in total. The van der Waals surface area contributed by atoms with Crippen LogP contribution >= 0.6 is 0 Å². The lowest BCUT2D eigenvalue weighted by molar-refractivity contribution is 0.149. The van der Waals surface area contributed by atoms with Crippen molar-refractivity contribution in [2.75, 3.05) is 0 Å². The van der Waals surface area contributed by atoms with Crippen LogP contribution in [0.4, 0.5) is 17.6 Å². The Labute approximate surface area is 100 Å². The van der Waals surface area contributed by atoms with Gasteiger partial charge in [-0.3, -0.25) is 0 Å². The van der Waals surface area contributed by atoms with Gasteiger partial charge in [-0.25, -0.2) is 22.4 Å². The Morgan fingerprint density at radius 1 is 1.28 bits per heavy atom. The van der Waals surface area contributed by atoms with E-state index in [2.05, 4.69) is 4.99 Å². The molecule has 0 bridgehead atoms. The van der Waals surface area contributed by atoms with Crippen LogP contribution in [0.3, 0.4) is 0 Å². The van der Waals surface area contributed by atoms with Crippen LogP contribution in [0.25, 0.3) is 0 Å². The van der Waals surface area contributed by atoms with Gasteiger partial charge in [-0.05, 0) is 31.4 Å². The summed E-state index contributed by atoms with van der Waals surface area (Å²) in [6.07, 6.45) is -0.282. The molecular weight excluding hydrogens is 250 g/mol. The average molecular weight is 259 g/mol. The van der Waals surface area contributed by atoms with Gasteiger partial charge in [0.25, 0.3) is 6.43 Å². The molecule has 0 unspecified atom stereocenters. The molecule has 1 saturated carbocycles. The Hall–Kier alpha value is -1.68. The molecule has 18 heavy (non-hydrogen) atoms. The molecule has 0 amide bonds. The van der Waals surface area contributed by atoms with E-state index in [1.165, 1.54) is 6.08 Å². The third-order valence-electron chi connectivity index (χ3n) is 3.24. The number of hydrogen-bond donors (Lipinski definition) is 0. The van der Waals surface area contributed by atoms with Gasteiger partial charge in [-0.1, -0.05) is 0 Å². The Morgan fingerprint density at radius 2 is 1.94 bits per heavy atom. The number of hydrogen-bond acceptors (Lipinski definition) is 2. The van der Waals surface area contributed by atoms with Crippen molar-refractivity contribution in [3.8, 4) is 0 Å². The topological polar surface area (TPSA) is 29.4 Å². The second-order valence-electron chi connectivity index (χ2n) is 4.25. The maximum atomic E-state index is 13.7. The summed E-state index contributed by atoms with van der Waals surface area (Å²) in [6.45, 7) is 0. The molecule has 6 heteroatoms. The van der Waals surface area contributed by atoms with Gasteiger partial charge in [0.2, 0.25) is 6.08 Å². The van der Waals surface area contributed by atoms with Gasteiger partial charge in [0.05, 0.1) is 0 Å². The van der Waals surface area contributed by atoms with Gasteiger partial charge in [-0.2, -0.15) is 4.99 Å². The molecule has 1 fully saturated rings. The molecule has 0 aliphatic heterocycles. The first-order chi connectivity index (χ1) is 8.50. The van der Waals surface area contributed by atoms with Crippen molar-refractivity contribution in [3.05, 3.63) is 34.9 Å². The van der Waals surface area contributed by atoms with Crippen LogP contribution in [-0.4, -0.2) is 6.08 Å². The minimum atomic E-state index is -2.91. The van der Waals surface area contributed by atoms with Gasteiger partial charge in [0.1, 0.15) is 5.54 Å². The van der Waals surface area contributed by atoms with Crippen molar-refractivity contribution < 1.29 is 22.4 Å². The number of isocyanates is 1. The largest absolute Gasteiger partial charge is 0.263 e. The van der Waals surface area contributed by atoms with E-state index >= 15 is 0 Å². The normalized spacial score (nSPS) is 17.2. The third-order valence-corrected chi connectivity index (χ3v) is 3.24. The van der Waals surface area contributed by atoms with Crippen LogP contribution in [0.5, 0.6) is 0 Å². The van der Waals surface area contributed by atoms with Crippen LogP contribution in [0.2, 0.25) is 0 Å². The highest BCUT2D eigenvalue weighted by molar-refractivity contribution is 5.41. The molecule has 96 valence electrons. The van der Waals surface area contributed by atoms with Crippen molar-refractivity contribution in [1.29, 1.82) is 0 Å². The number of benzene rings is 1. The summed E-state index contributed by atoms with van der Waals surface area (Å²) >= 11 is 0. The van der Waals surface area contributed by atoms with Gasteiger partial charge in [-0.15, -0.1) is 0 Å². The van der Waals surface area contributed by atoms with Crippen LogP contribution < -0.4 is 0 Å². The fraction of sp³-hybridized carbons (Fsp3) is 0.417.